The van der Waals surface area contributed by atoms with Crippen molar-refractivity contribution >= 4 is 23.4 Å². The van der Waals surface area contributed by atoms with Crippen LogP contribution in [0.2, 0.25) is 0 Å². The lowest BCUT2D eigenvalue weighted by atomic mass is 10.2. The molecule has 0 aliphatic carbocycles. The van der Waals surface area contributed by atoms with Crippen molar-refractivity contribution in [3.8, 4) is 0 Å². The molecule has 0 bridgehead atoms. The Morgan fingerprint density at radius 2 is 1.89 bits per heavy atom. The first-order valence-electron chi connectivity index (χ1n) is 5.97. The second-order valence-corrected chi connectivity index (χ2v) is 5.40. The minimum atomic E-state index is -0.248. The van der Waals surface area contributed by atoms with Crippen LogP contribution in [0.5, 0.6) is 0 Å². The average Bonchev–Trinajstić information content (AvgIpc) is 2.42. The second kappa shape index (κ2) is 6.33. The van der Waals surface area contributed by atoms with Crippen LogP contribution in [0.15, 0.2) is 47.9 Å². The Kier molecular flexibility index (Phi) is 4.52. The van der Waals surface area contributed by atoms with Crippen LogP contribution >= 0.6 is 11.8 Å². The minimum absolute atomic E-state index is 0.0493. The van der Waals surface area contributed by atoms with Crippen molar-refractivity contribution in [1.82, 2.24) is 9.97 Å². The van der Waals surface area contributed by atoms with Crippen LogP contribution in [0, 0.1) is 6.92 Å². The van der Waals surface area contributed by atoms with Crippen molar-refractivity contribution in [2.24, 2.45) is 0 Å². The van der Waals surface area contributed by atoms with Crippen molar-refractivity contribution in [3.63, 3.8) is 0 Å². The largest absolute Gasteiger partial charge is 0.325 e. The van der Waals surface area contributed by atoms with Gasteiger partial charge in [-0.1, -0.05) is 30.0 Å². The topological polar surface area (TPSA) is 54.9 Å². The molecule has 0 radical (unpaired) electrons. The SMILES string of the molecule is Cc1ccccc1NC(=O)C(C)Sc1ncccn1. The molecule has 1 unspecified atom stereocenters. The number of hydrogen-bond acceptors (Lipinski definition) is 4. The summed E-state index contributed by atoms with van der Waals surface area (Å²) in [4.78, 5) is 20.3. The summed E-state index contributed by atoms with van der Waals surface area (Å²) < 4.78 is 0. The molecule has 0 spiro atoms. The molecule has 2 aromatic rings. The predicted molar refractivity (Wildman–Crippen MR) is 77.2 cm³/mol. The second-order valence-electron chi connectivity index (χ2n) is 4.10. The molecule has 19 heavy (non-hydrogen) atoms. The zero-order chi connectivity index (χ0) is 13.7. The molecular formula is C14H15N3OS. The summed E-state index contributed by atoms with van der Waals surface area (Å²) in [6.45, 7) is 3.81. The standard InChI is InChI=1S/C14H15N3OS/c1-10-6-3-4-7-12(10)17-13(18)11(2)19-14-15-8-5-9-16-14/h3-9,11H,1-2H3,(H,17,18). The van der Waals surface area contributed by atoms with Crippen LogP contribution in [0.3, 0.4) is 0 Å². The van der Waals surface area contributed by atoms with E-state index >= 15 is 0 Å². The first kappa shape index (κ1) is 13.5. The first-order chi connectivity index (χ1) is 9.16. The number of anilines is 1. The highest BCUT2D eigenvalue weighted by Crippen LogP contribution is 2.21. The van der Waals surface area contributed by atoms with E-state index in [-0.39, 0.29) is 11.2 Å². The lowest BCUT2D eigenvalue weighted by molar-refractivity contribution is -0.115. The summed E-state index contributed by atoms with van der Waals surface area (Å²) in [7, 11) is 0. The van der Waals surface area contributed by atoms with Gasteiger partial charge >= 0.3 is 0 Å². The molecule has 0 fully saturated rings. The number of para-hydroxylation sites is 1. The summed E-state index contributed by atoms with van der Waals surface area (Å²) >= 11 is 1.34. The Balaban J connectivity index is 1.99. The molecule has 98 valence electrons. The molecule has 5 heteroatoms. The lowest BCUT2D eigenvalue weighted by Gasteiger charge is -2.12. The Bertz CT molecular complexity index is 560. The predicted octanol–water partition coefficient (Wildman–Crippen LogP) is 2.90. The maximum absolute atomic E-state index is 12.1. The summed E-state index contributed by atoms with van der Waals surface area (Å²) in [6.07, 6.45) is 3.34. The number of nitrogens with one attached hydrogen (secondary N) is 1. The van der Waals surface area contributed by atoms with Gasteiger partial charge in [-0.05, 0) is 31.5 Å². The van der Waals surface area contributed by atoms with E-state index in [0.717, 1.165) is 11.3 Å². The van der Waals surface area contributed by atoms with Crippen molar-refractivity contribution in [3.05, 3.63) is 48.3 Å². The van der Waals surface area contributed by atoms with Gasteiger partial charge < -0.3 is 5.32 Å². The molecule has 1 heterocycles. The van der Waals surface area contributed by atoms with E-state index in [0.29, 0.717) is 5.16 Å². The first-order valence-corrected chi connectivity index (χ1v) is 6.85. The number of amides is 1. The molecule has 1 amide bonds. The fraction of sp³-hybridized carbons (Fsp3) is 0.214. The van der Waals surface area contributed by atoms with E-state index in [9.17, 15) is 4.79 Å². The maximum atomic E-state index is 12.1. The molecule has 0 aliphatic heterocycles. The third-order valence-corrected chi connectivity index (χ3v) is 3.59. The lowest BCUT2D eigenvalue weighted by Crippen LogP contribution is -2.23. The summed E-state index contributed by atoms with van der Waals surface area (Å²) in [5.41, 5.74) is 1.89. The number of hydrogen-bond donors (Lipinski definition) is 1. The number of aromatic nitrogens is 2. The molecule has 0 saturated heterocycles. The van der Waals surface area contributed by atoms with E-state index < -0.39 is 0 Å². The Labute approximate surface area is 116 Å². The van der Waals surface area contributed by atoms with Gasteiger partial charge in [0.05, 0.1) is 5.25 Å². The number of benzene rings is 1. The molecule has 4 nitrogen and oxygen atoms in total. The molecule has 1 aromatic heterocycles. The quantitative estimate of drug-likeness (QED) is 0.687. The highest BCUT2D eigenvalue weighted by atomic mass is 32.2. The molecule has 0 saturated carbocycles. The van der Waals surface area contributed by atoms with Crippen LogP contribution in [0.1, 0.15) is 12.5 Å². The van der Waals surface area contributed by atoms with Gasteiger partial charge in [-0.15, -0.1) is 0 Å². The van der Waals surface area contributed by atoms with E-state index in [2.05, 4.69) is 15.3 Å². The molecule has 1 N–H and O–H groups in total. The zero-order valence-electron chi connectivity index (χ0n) is 10.8. The van der Waals surface area contributed by atoms with Crippen LogP contribution < -0.4 is 5.32 Å². The molecule has 1 aromatic carbocycles. The number of thioether (sulfide) groups is 1. The van der Waals surface area contributed by atoms with E-state index in [1.165, 1.54) is 11.8 Å². The van der Waals surface area contributed by atoms with Crippen LogP contribution in [0.4, 0.5) is 5.69 Å². The van der Waals surface area contributed by atoms with Gasteiger partial charge in [-0.25, -0.2) is 9.97 Å². The third kappa shape index (κ3) is 3.79. The highest BCUT2D eigenvalue weighted by Gasteiger charge is 2.16. The van der Waals surface area contributed by atoms with Crippen LogP contribution in [0.25, 0.3) is 0 Å². The number of nitrogens with zero attached hydrogens (tertiary/aromatic N) is 2. The third-order valence-electron chi connectivity index (χ3n) is 2.60. The van der Waals surface area contributed by atoms with Crippen molar-refractivity contribution in [1.29, 1.82) is 0 Å². The Morgan fingerprint density at radius 3 is 2.58 bits per heavy atom. The van der Waals surface area contributed by atoms with Gasteiger partial charge in [-0.2, -0.15) is 0 Å². The van der Waals surface area contributed by atoms with Gasteiger partial charge in [0.1, 0.15) is 0 Å². The Morgan fingerprint density at radius 1 is 1.21 bits per heavy atom. The number of rotatable bonds is 4. The summed E-state index contributed by atoms with van der Waals surface area (Å²) in [5.74, 6) is -0.0493. The van der Waals surface area contributed by atoms with Gasteiger partial charge in [0.15, 0.2) is 5.16 Å². The smallest absolute Gasteiger partial charge is 0.237 e. The highest BCUT2D eigenvalue weighted by molar-refractivity contribution is 8.00. The van der Waals surface area contributed by atoms with Gasteiger partial charge in [0.25, 0.3) is 0 Å². The normalized spacial score (nSPS) is 11.9. The molecule has 2 rings (SSSR count). The number of carbonyl (C=O) groups is 1. The fourth-order valence-electron chi connectivity index (χ4n) is 1.51. The van der Waals surface area contributed by atoms with E-state index in [1.807, 2.05) is 38.1 Å². The Hall–Kier alpha value is -1.88. The summed E-state index contributed by atoms with van der Waals surface area (Å²) in [5, 5.41) is 3.27. The zero-order valence-corrected chi connectivity index (χ0v) is 11.6. The van der Waals surface area contributed by atoms with Gasteiger partial charge in [0.2, 0.25) is 5.91 Å². The minimum Gasteiger partial charge on any atom is -0.325 e. The maximum Gasteiger partial charge on any atom is 0.237 e. The van der Waals surface area contributed by atoms with Crippen molar-refractivity contribution < 1.29 is 4.79 Å². The number of carbonyl (C=O) groups excluding carboxylic acids is 1. The average molecular weight is 273 g/mol. The van der Waals surface area contributed by atoms with Crippen LogP contribution in [-0.2, 0) is 4.79 Å². The van der Waals surface area contributed by atoms with Crippen molar-refractivity contribution in [2.45, 2.75) is 24.3 Å². The molecule has 1 atom stereocenters. The molecular weight excluding hydrogens is 258 g/mol. The van der Waals surface area contributed by atoms with Gasteiger partial charge in [0, 0.05) is 18.1 Å². The van der Waals surface area contributed by atoms with Crippen molar-refractivity contribution in [2.75, 3.05) is 5.32 Å². The molecule has 0 aliphatic rings. The summed E-state index contributed by atoms with van der Waals surface area (Å²) in [6, 6.07) is 9.46. The monoisotopic (exact) mass is 273 g/mol. The number of aryl methyl sites for hydroxylation is 1. The van der Waals surface area contributed by atoms with E-state index in [1.54, 1.807) is 18.5 Å². The fourth-order valence-corrected chi connectivity index (χ4v) is 2.23. The van der Waals surface area contributed by atoms with Crippen LogP contribution in [-0.4, -0.2) is 21.1 Å². The van der Waals surface area contributed by atoms with Gasteiger partial charge in [-0.3, -0.25) is 4.79 Å². The van der Waals surface area contributed by atoms with E-state index in [4.69, 9.17) is 0 Å².